The molecule has 1 aromatic heterocycles. The van der Waals surface area contributed by atoms with Gasteiger partial charge in [-0.1, -0.05) is 42.5 Å². The number of aryl methyl sites for hydroxylation is 1. The lowest BCUT2D eigenvalue weighted by Gasteiger charge is -2.28. The van der Waals surface area contributed by atoms with Gasteiger partial charge in [0.1, 0.15) is 5.75 Å². The fraction of sp³-hybridized carbons (Fsp3) is 0.182. The number of nitrogens with zero attached hydrogens (tertiary/aromatic N) is 1. The molecule has 2 atom stereocenters. The van der Waals surface area contributed by atoms with Crippen molar-refractivity contribution >= 4 is 5.91 Å². The minimum atomic E-state index is -0.705. The van der Waals surface area contributed by atoms with Gasteiger partial charge in [-0.25, -0.2) is 0 Å². The molecular weight excluding hydrogens is 340 g/mol. The van der Waals surface area contributed by atoms with E-state index in [1.807, 2.05) is 67.6 Å². The number of benzene rings is 2. The molecule has 2 heterocycles. The molecule has 3 aromatic rings. The number of hydrogen-bond acceptors (Lipinski definition) is 4. The average molecular weight is 360 g/mol. The van der Waals surface area contributed by atoms with Crippen molar-refractivity contribution < 1.29 is 14.3 Å². The van der Waals surface area contributed by atoms with Gasteiger partial charge in [0.25, 0.3) is 5.91 Å². The quantitative estimate of drug-likeness (QED) is 0.771. The molecule has 0 fully saturated rings. The Kier molecular flexibility index (Phi) is 4.85. The number of hydrogen-bond donors (Lipinski definition) is 1. The lowest BCUT2D eigenvalue weighted by molar-refractivity contribution is -0.142. The predicted molar refractivity (Wildman–Crippen MR) is 101 cm³/mol. The zero-order valence-corrected chi connectivity index (χ0v) is 15.0. The number of carbonyl (C=O) groups excluding carboxylic acids is 1. The summed E-state index contributed by atoms with van der Waals surface area (Å²) in [6.07, 6.45) is 2.75. The lowest BCUT2D eigenvalue weighted by atomic mass is 9.95. The average Bonchev–Trinajstić information content (AvgIpc) is 2.73. The second-order valence-corrected chi connectivity index (χ2v) is 6.43. The number of fused-ring (bicyclic) bond motifs is 1. The molecule has 0 aliphatic carbocycles. The fourth-order valence-electron chi connectivity index (χ4n) is 3.33. The molecule has 1 aliphatic heterocycles. The van der Waals surface area contributed by atoms with E-state index in [0.717, 1.165) is 22.3 Å². The Balaban J connectivity index is 1.67. The van der Waals surface area contributed by atoms with Gasteiger partial charge in [0.05, 0.1) is 6.04 Å². The number of aromatic nitrogens is 1. The molecule has 2 unspecified atom stereocenters. The molecular formula is C22H20N2O3. The van der Waals surface area contributed by atoms with Crippen molar-refractivity contribution in [2.24, 2.45) is 0 Å². The van der Waals surface area contributed by atoms with Crippen LogP contribution in [0.5, 0.6) is 5.75 Å². The highest BCUT2D eigenvalue weighted by atomic mass is 16.7. The van der Waals surface area contributed by atoms with Crippen LogP contribution in [0.4, 0.5) is 0 Å². The van der Waals surface area contributed by atoms with Gasteiger partial charge in [-0.15, -0.1) is 0 Å². The zero-order chi connectivity index (χ0) is 18.6. The number of pyridine rings is 1. The van der Waals surface area contributed by atoms with Crippen LogP contribution in [0.25, 0.3) is 0 Å². The van der Waals surface area contributed by atoms with Gasteiger partial charge >= 0.3 is 0 Å². The Hall–Kier alpha value is -3.18. The summed E-state index contributed by atoms with van der Waals surface area (Å²) in [4.78, 5) is 17.2. The van der Waals surface area contributed by atoms with E-state index in [4.69, 9.17) is 9.47 Å². The fourth-order valence-corrected chi connectivity index (χ4v) is 3.33. The maximum Gasteiger partial charge on any atom is 0.254 e. The van der Waals surface area contributed by atoms with Crippen LogP contribution < -0.4 is 10.1 Å². The Morgan fingerprint density at radius 3 is 2.63 bits per heavy atom. The molecule has 0 saturated heterocycles. The summed E-state index contributed by atoms with van der Waals surface area (Å²) in [5.41, 5.74) is 3.85. The molecule has 1 N–H and O–H groups in total. The monoisotopic (exact) mass is 360 g/mol. The highest BCUT2D eigenvalue weighted by Crippen LogP contribution is 2.33. The molecule has 136 valence electrons. The molecule has 0 bridgehead atoms. The van der Waals surface area contributed by atoms with Crippen molar-refractivity contribution in [1.82, 2.24) is 10.3 Å². The van der Waals surface area contributed by atoms with Gasteiger partial charge in [0.15, 0.2) is 12.9 Å². The molecule has 4 rings (SSSR count). The van der Waals surface area contributed by atoms with Crippen molar-refractivity contribution in [3.63, 3.8) is 0 Å². The summed E-state index contributed by atoms with van der Waals surface area (Å²) in [6, 6.07) is 19.0. The van der Waals surface area contributed by atoms with Gasteiger partial charge < -0.3 is 14.8 Å². The third kappa shape index (κ3) is 3.55. The highest BCUT2D eigenvalue weighted by Gasteiger charge is 2.30. The van der Waals surface area contributed by atoms with Crippen LogP contribution in [0, 0.1) is 6.92 Å². The van der Waals surface area contributed by atoms with Crippen LogP contribution in [0.3, 0.4) is 0 Å². The van der Waals surface area contributed by atoms with E-state index in [1.165, 1.54) is 0 Å². The Bertz CT molecular complexity index is 943. The number of ether oxygens (including phenoxy) is 2. The first kappa shape index (κ1) is 17.2. The summed E-state index contributed by atoms with van der Waals surface area (Å²) < 4.78 is 11.1. The normalized spacial score (nSPS) is 16.7. The third-order valence-corrected chi connectivity index (χ3v) is 4.71. The molecule has 5 nitrogen and oxygen atoms in total. The maximum absolute atomic E-state index is 13.1. The minimum absolute atomic E-state index is 0.0549. The molecule has 0 radical (unpaired) electrons. The van der Waals surface area contributed by atoms with E-state index in [1.54, 1.807) is 12.4 Å². The van der Waals surface area contributed by atoms with Crippen LogP contribution in [0.15, 0.2) is 73.1 Å². The second-order valence-electron chi connectivity index (χ2n) is 6.43. The van der Waals surface area contributed by atoms with Crippen molar-refractivity contribution in [2.45, 2.75) is 19.1 Å². The molecule has 1 amide bonds. The summed E-state index contributed by atoms with van der Waals surface area (Å²) in [6.45, 7) is 2.09. The first-order valence-corrected chi connectivity index (χ1v) is 8.83. The van der Waals surface area contributed by atoms with E-state index in [2.05, 4.69) is 10.3 Å². The summed E-state index contributed by atoms with van der Waals surface area (Å²) in [5, 5.41) is 3.15. The van der Waals surface area contributed by atoms with E-state index >= 15 is 0 Å². The van der Waals surface area contributed by atoms with Gasteiger partial charge in [-0.05, 0) is 41.8 Å². The number of carbonyl (C=O) groups is 1. The third-order valence-electron chi connectivity index (χ3n) is 4.71. The summed E-state index contributed by atoms with van der Waals surface area (Å²) in [5.74, 6) is 0.482. The topological polar surface area (TPSA) is 60.5 Å². The zero-order valence-electron chi connectivity index (χ0n) is 15.0. The summed E-state index contributed by atoms with van der Waals surface area (Å²) in [7, 11) is 0. The number of para-hydroxylation sites is 1. The van der Waals surface area contributed by atoms with Crippen molar-refractivity contribution in [3.05, 3.63) is 95.3 Å². The van der Waals surface area contributed by atoms with E-state index in [0.29, 0.717) is 5.75 Å². The molecule has 2 aromatic carbocycles. The predicted octanol–water partition coefficient (Wildman–Crippen LogP) is 3.70. The smallest absolute Gasteiger partial charge is 0.254 e. The standard InChI is InChI=1S/C22H20N2O3/c1-15-6-2-3-7-17(15)20(16-10-12-23-13-11-16)24-22(25)21-18-8-4-5-9-19(18)26-14-27-21/h2-13,20-21H,14H2,1H3,(H,24,25). The Morgan fingerprint density at radius 1 is 1.07 bits per heavy atom. The van der Waals surface area contributed by atoms with Crippen LogP contribution in [-0.4, -0.2) is 17.7 Å². The van der Waals surface area contributed by atoms with Crippen molar-refractivity contribution in [3.8, 4) is 5.75 Å². The highest BCUT2D eigenvalue weighted by molar-refractivity contribution is 5.84. The maximum atomic E-state index is 13.1. The van der Waals surface area contributed by atoms with Gasteiger partial charge in [-0.3, -0.25) is 9.78 Å². The molecule has 5 heteroatoms. The second kappa shape index (κ2) is 7.60. The number of nitrogens with one attached hydrogen (secondary N) is 1. The molecule has 27 heavy (non-hydrogen) atoms. The van der Waals surface area contributed by atoms with Gasteiger partial charge in [-0.2, -0.15) is 0 Å². The van der Waals surface area contributed by atoms with Gasteiger partial charge in [0, 0.05) is 18.0 Å². The minimum Gasteiger partial charge on any atom is -0.467 e. The van der Waals surface area contributed by atoms with Gasteiger partial charge in [0.2, 0.25) is 0 Å². The van der Waals surface area contributed by atoms with Crippen molar-refractivity contribution in [2.75, 3.05) is 6.79 Å². The van der Waals surface area contributed by atoms with Crippen LogP contribution in [0.1, 0.15) is 34.4 Å². The number of rotatable bonds is 4. The SMILES string of the molecule is Cc1ccccc1C(NC(=O)C1OCOc2ccccc21)c1ccncc1. The molecule has 0 spiro atoms. The first-order valence-electron chi connectivity index (χ1n) is 8.83. The largest absolute Gasteiger partial charge is 0.467 e. The van der Waals surface area contributed by atoms with Crippen LogP contribution in [-0.2, 0) is 9.53 Å². The first-order chi connectivity index (χ1) is 13.2. The summed E-state index contributed by atoms with van der Waals surface area (Å²) >= 11 is 0. The number of amides is 1. The van der Waals surface area contributed by atoms with Crippen LogP contribution in [0.2, 0.25) is 0 Å². The Labute approximate surface area is 158 Å². The molecule has 1 aliphatic rings. The lowest BCUT2D eigenvalue weighted by Crippen LogP contribution is -2.37. The Morgan fingerprint density at radius 2 is 1.81 bits per heavy atom. The van der Waals surface area contributed by atoms with E-state index < -0.39 is 6.10 Å². The van der Waals surface area contributed by atoms with E-state index in [9.17, 15) is 4.79 Å². The van der Waals surface area contributed by atoms with Crippen LogP contribution >= 0.6 is 0 Å². The molecule has 0 saturated carbocycles. The van der Waals surface area contributed by atoms with Crippen molar-refractivity contribution in [1.29, 1.82) is 0 Å². The van der Waals surface area contributed by atoms with E-state index in [-0.39, 0.29) is 18.7 Å².